The molecule has 2 aromatic carbocycles. The molecule has 24 heavy (non-hydrogen) atoms. The van der Waals surface area contributed by atoms with Gasteiger partial charge in [0.25, 0.3) is 0 Å². The van der Waals surface area contributed by atoms with Crippen LogP contribution >= 0.6 is 67.8 Å². The molecule has 0 aliphatic heterocycles. The van der Waals surface area contributed by atoms with Gasteiger partial charge in [-0.1, -0.05) is 0 Å². The second kappa shape index (κ2) is 8.33. The standard InChI is InChI=1S/C15H12I3NO5/c16-8-5-7(1-2-11(8)20)24-14-9(17)3-6(4-10(14)18)13(21)12(19)15(22)23/h1-5,12-13,20-21H,19H2,(H,22,23). The van der Waals surface area contributed by atoms with Crippen LogP contribution in [0.5, 0.6) is 17.2 Å². The average molecular weight is 667 g/mol. The molecule has 6 nitrogen and oxygen atoms in total. The van der Waals surface area contributed by atoms with E-state index in [0.717, 1.165) is 0 Å². The summed E-state index contributed by atoms with van der Waals surface area (Å²) in [6, 6.07) is 6.76. The maximum atomic E-state index is 10.9. The average Bonchev–Trinajstić information content (AvgIpc) is 2.52. The van der Waals surface area contributed by atoms with E-state index in [1.165, 1.54) is 0 Å². The first kappa shape index (κ1) is 19.9. The Morgan fingerprint density at radius 2 is 1.67 bits per heavy atom. The summed E-state index contributed by atoms with van der Waals surface area (Å²) >= 11 is 6.10. The van der Waals surface area contributed by atoms with Crippen LogP contribution in [0.1, 0.15) is 11.7 Å². The predicted molar refractivity (Wildman–Crippen MR) is 113 cm³/mol. The van der Waals surface area contributed by atoms with E-state index < -0.39 is 18.1 Å². The monoisotopic (exact) mass is 667 g/mol. The number of halogens is 3. The number of aliphatic hydroxyl groups is 1. The van der Waals surface area contributed by atoms with Gasteiger partial charge in [-0.15, -0.1) is 0 Å². The number of benzene rings is 2. The van der Waals surface area contributed by atoms with E-state index in [4.69, 9.17) is 15.6 Å². The van der Waals surface area contributed by atoms with Gasteiger partial charge in [-0.25, -0.2) is 0 Å². The fourth-order valence-corrected chi connectivity index (χ4v) is 4.38. The zero-order chi connectivity index (χ0) is 18.0. The van der Waals surface area contributed by atoms with Crippen LogP contribution in [-0.4, -0.2) is 27.3 Å². The van der Waals surface area contributed by atoms with Gasteiger partial charge in [-0.05, 0) is 104 Å². The normalized spacial score (nSPS) is 13.4. The van der Waals surface area contributed by atoms with Crippen LogP contribution in [0.4, 0.5) is 0 Å². The van der Waals surface area contributed by atoms with E-state index in [9.17, 15) is 15.0 Å². The van der Waals surface area contributed by atoms with Gasteiger partial charge in [0.2, 0.25) is 0 Å². The molecule has 2 aromatic rings. The van der Waals surface area contributed by atoms with Crippen LogP contribution in [0.15, 0.2) is 30.3 Å². The Morgan fingerprint density at radius 3 is 2.17 bits per heavy atom. The molecule has 0 aliphatic rings. The third-order valence-corrected chi connectivity index (χ3v) is 5.59. The molecule has 2 rings (SSSR count). The molecule has 0 spiro atoms. The van der Waals surface area contributed by atoms with Crippen LogP contribution in [-0.2, 0) is 4.79 Å². The van der Waals surface area contributed by atoms with Crippen LogP contribution in [0.25, 0.3) is 0 Å². The molecular formula is C15H12I3NO5. The number of hydrogen-bond donors (Lipinski definition) is 4. The summed E-state index contributed by atoms with van der Waals surface area (Å²) in [5, 5.41) is 28.5. The lowest BCUT2D eigenvalue weighted by Gasteiger charge is -2.18. The van der Waals surface area contributed by atoms with Crippen molar-refractivity contribution in [3.05, 3.63) is 46.6 Å². The first-order valence-electron chi connectivity index (χ1n) is 6.52. The number of carbonyl (C=O) groups is 1. The van der Waals surface area contributed by atoms with Gasteiger partial charge in [0.05, 0.1) is 10.7 Å². The van der Waals surface area contributed by atoms with Crippen molar-refractivity contribution in [1.29, 1.82) is 0 Å². The summed E-state index contributed by atoms with van der Waals surface area (Å²) in [4.78, 5) is 10.9. The number of aromatic hydroxyl groups is 1. The van der Waals surface area contributed by atoms with Crippen LogP contribution in [0.2, 0.25) is 0 Å². The van der Waals surface area contributed by atoms with Crippen LogP contribution in [0, 0.1) is 10.7 Å². The highest BCUT2D eigenvalue weighted by atomic mass is 127. The lowest BCUT2D eigenvalue weighted by molar-refractivity contribution is -0.141. The number of phenols is 1. The predicted octanol–water partition coefficient (Wildman–Crippen LogP) is 3.44. The van der Waals surface area contributed by atoms with Crippen LogP contribution < -0.4 is 10.5 Å². The van der Waals surface area contributed by atoms with Gasteiger partial charge >= 0.3 is 5.97 Å². The Hall–Kier alpha value is -0.380. The second-order valence-corrected chi connectivity index (χ2v) is 8.32. The zero-order valence-corrected chi connectivity index (χ0v) is 18.4. The molecule has 0 fully saturated rings. The molecule has 5 N–H and O–H groups in total. The summed E-state index contributed by atoms with van der Waals surface area (Å²) in [7, 11) is 0. The minimum absolute atomic E-state index is 0.175. The Bertz CT molecular complexity index is 761. The van der Waals surface area contributed by atoms with Gasteiger partial charge in [-0.2, -0.15) is 0 Å². The fourth-order valence-electron chi connectivity index (χ4n) is 1.86. The van der Waals surface area contributed by atoms with E-state index in [-0.39, 0.29) is 5.75 Å². The first-order valence-corrected chi connectivity index (χ1v) is 9.76. The minimum atomic E-state index is -1.40. The summed E-state index contributed by atoms with van der Waals surface area (Å²) in [6.45, 7) is 0. The first-order chi connectivity index (χ1) is 11.2. The number of aliphatic carboxylic acids is 1. The molecule has 128 valence electrons. The number of hydrogen-bond acceptors (Lipinski definition) is 5. The fraction of sp³-hybridized carbons (Fsp3) is 0.133. The largest absolute Gasteiger partial charge is 0.507 e. The number of nitrogens with two attached hydrogens (primary N) is 1. The van der Waals surface area contributed by atoms with E-state index in [2.05, 4.69) is 0 Å². The van der Waals surface area contributed by atoms with E-state index >= 15 is 0 Å². The van der Waals surface area contributed by atoms with E-state index in [0.29, 0.717) is 27.8 Å². The van der Waals surface area contributed by atoms with Gasteiger partial charge in [0.15, 0.2) is 5.75 Å². The number of carboxylic acid groups (broad SMARTS) is 1. The Kier molecular flexibility index (Phi) is 6.92. The van der Waals surface area contributed by atoms with E-state index in [1.807, 2.05) is 67.8 Å². The van der Waals surface area contributed by atoms with Gasteiger partial charge in [-0.3, -0.25) is 4.79 Å². The highest BCUT2D eigenvalue weighted by Gasteiger charge is 2.25. The molecule has 9 heteroatoms. The number of carboxylic acids is 1. The molecule has 0 bridgehead atoms. The Balaban J connectivity index is 2.33. The highest BCUT2D eigenvalue weighted by Crippen LogP contribution is 2.36. The summed E-state index contributed by atoms with van der Waals surface area (Å²) in [5.74, 6) is 0.0427. The quantitative estimate of drug-likeness (QED) is 0.364. The molecule has 0 amide bonds. The molecule has 2 atom stereocenters. The smallest absolute Gasteiger partial charge is 0.323 e. The van der Waals surface area contributed by atoms with Crippen LogP contribution in [0.3, 0.4) is 0 Å². The van der Waals surface area contributed by atoms with Crippen molar-refractivity contribution in [1.82, 2.24) is 0 Å². The Morgan fingerprint density at radius 1 is 1.08 bits per heavy atom. The maximum absolute atomic E-state index is 10.9. The van der Waals surface area contributed by atoms with Crippen molar-refractivity contribution < 1.29 is 24.9 Å². The summed E-state index contributed by atoms with van der Waals surface area (Å²) in [5.41, 5.74) is 5.88. The molecule has 2 unspecified atom stereocenters. The molecule has 0 aliphatic carbocycles. The SMILES string of the molecule is NC(C(=O)O)C(O)c1cc(I)c(Oc2ccc(O)c(I)c2)c(I)c1. The third-order valence-electron chi connectivity index (χ3n) is 3.13. The van der Waals surface area contributed by atoms with E-state index in [1.54, 1.807) is 30.3 Å². The van der Waals surface area contributed by atoms with Crippen molar-refractivity contribution in [3.63, 3.8) is 0 Å². The van der Waals surface area contributed by atoms with Crippen molar-refractivity contribution in [3.8, 4) is 17.2 Å². The summed E-state index contributed by atoms with van der Waals surface area (Å²) in [6.07, 6.45) is -1.31. The number of aliphatic hydroxyl groups excluding tert-OH is 1. The van der Waals surface area contributed by atoms with Gasteiger partial charge in [0, 0.05) is 0 Å². The Labute approximate surface area is 178 Å². The second-order valence-electron chi connectivity index (χ2n) is 4.84. The number of ether oxygens (including phenoxy) is 1. The molecule has 0 saturated heterocycles. The molecule has 0 heterocycles. The lowest BCUT2D eigenvalue weighted by Crippen LogP contribution is -2.36. The molecule has 0 saturated carbocycles. The van der Waals surface area contributed by atoms with Crippen molar-refractivity contribution in [2.75, 3.05) is 0 Å². The summed E-state index contributed by atoms with van der Waals surface area (Å²) < 4.78 is 7.93. The maximum Gasteiger partial charge on any atom is 0.323 e. The van der Waals surface area contributed by atoms with Gasteiger partial charge < -0.3 is 25.8 Å². The van der Waals surface area contributed by atoms with Gasteiger partial charge in [0.1, 0.15) is 23.6 Å². The topological polar surface area (TPSA) is 113 Å². The number of rotatable bonds is 5. The molecule has 0 aromatic heterocycles. The minimum Gasteiger partial charge on any atom is -0.507 e. The van der Waals surface area contributed by atoms with Crippen molar-refractivity contribution in [2.45, 2.75) is 12.1 Å². The third kappa shape index (κ3) is 4.62. The van der Waals surface area contributed by atoms with Crippen molar-refractivity contribution >= 4 is 73.7 Å². The molecule has 0 radical (unpaired) electrons. The van der Waals surface area contributed by atoms with Crippen molar-refractivity contribution in [2.24, 2.45) is 5.73 Å². The molecular weight excluding hydrogens is 655 g/mol. The lowest BCUT2D eigenvalue weighted by atomic mass is 10.0. The zero-order valence-electron chi connectivity index (χ0n) is 11.9. The number of phenolic OH excluding ortho intramolecular Hbond substituents is 1. The highest BCUT2D eigenvalue weighted by molar-refractivity contribution is 14.1.